The molecule has 0 fully saturated rings. The van der Waals surface area contributed by atoms with E-state index in [9.17, 15) is 14.9 Å². The van der Waals surface area contributed by atoms with Crippen molar-refractivity contribution in [3.05, 3.63) is 58.0 Å². The normalized spacial score (nSPS) is 10.9. The first-order valence-corrected chi connectivity index (χ1v) is 7.85. The minimum Gasteiger partial charge on any atom is -0.492 e. The van der Waals surface area contributed by atoms with Crippen LogP contribution in [-0.4, -0.2) is 37.9 Å². The Morgan fingerprint density at radius 2 is 2.21 bits per heavy atom. The van der Waals surface area contributed by atoms with Gasteiger partial charge in [0.2, 0.25) is 11.4 Å². The number of nitro groups is 1. The first-order chi connectivity index (χ1) is 11.5. The van der Waals surface area contributed by atoms with Crippen LogP contribution in [0.1, 0.15) is 16.2 Å². The lowest BCUT2D eigenvalue weighted by Gasteiger charge is -2.09. The number of allylic oxidation sites excluding steroid dienone is 1. The molecule has 2 aromatic rings. The number of nitrogen functional groups attached to an aromatic ring is 1. The summed E-state index contributed by atoms with van der Waals surface area (Å²) < 4.78 is 6.97. The zero-order valence-corrected chi connectivity index (χ0v) is 13.6. The van der Waals surface area contributed by atoms with Crippen LogP contribution in [0.25, 0.3) is 0 Å². The smallest absolute Gasteiger partial charge is 0.238 e. The van der Waals surface area contributed by atoms with Crippen molar-refractivity contribution in [2.24, 2.45) is 0 Å². The monoisotopic (exact) mass is 349 g/mol. The van der Waals surface area contributed by atoms with Crippen LogP contribution in [0.15, 0.2) is 41.7 Å². The van der Waals surface area contributed by atoms with Gasteiger partial charge in [-0.05, 0) is 19.1 Å². The molecule has 0 saturated heterocycles. The van der Waals surface area contributed by atoms with E-state index in [1.165, 1.54) is 16.4 Å². The fourth-order valence-electron chi connectivity index (χ4n) is 1.75. The lowest BCUT2D eigenvalue weighted by atomic mass is 10.1. The molecule has 2 rings (SSSR count). The standard InChI is InChI=1S/C14H15N5O4S/c1-10-16-17-14(19(10)15)24-9-8-23-13-5-3-2-4-11(13)12(20)6-7-18(21)22/h2-7H,8-9,15H2,1H3/b7-6+. The van der Waals surface area contributed by atoms with Gasteiger partial charge >= 0.3 is 0 Å². The molecule has 9 nitrogen and oxygen atoms in total. The maximum atomic E-state index is 12.0. The van der Waals surface area contributed by atoms with Gasteiger partial charge in [-0.15, -0.1) is 10.2 Å². The highest BCUT2D eigenvalue weighted by Gasteiger charge is 2.11. The third-order valence-corrected chi connectivity index (χ3v) is 3.81. The number of nitrogens with two attached hydrogens (primary N) is 1. The SMILES string of the molecule is Cc1nnc(SCCOc2ccccc2C(=O)/C=C/[N+](=O)[O-])n1N. The Balaban J connectivity index is 1.94. The van der Waals surface area contributed by atoms with E-state index in [0.29, 0.717) is 35.3 Å². The second kappa shape index (κ2) is 8.11. The van der Waals surface area contributed by atoms with Gasteiger partial charge in [0.05, 0.1) is 23.2 Å². The quantitative estimate of drug-likeness (QED) is 0.144. The summed E-state index contributed by atoms with van der Waals surface area (Å²) in [5, 5.41) is 18.6. The number of rotatable bonds is 8. The van der Waals surface area contributed by atoms with Crippen molar-refractivity contribution in [2.45, 2.75) is 12.1 Å². The van der Waals surface area contributed by atoms with Crippen molar-refractivity contribution in [2.75, 3.05) is 18.2 Å². The highest BCUT2D eigenvalue weighted by molar-refractivity contribution is 7.99. The van der Waals surface area contributed by atoms with Gasteiger partial charge in [0.25, 0.3) is 0 Å². The summed E-state index contributed by atoms with van der Waals surface area (Å²) in [6.07, 6.45) is 1.50. The zero-order valence-electron chi connectivity index (χ0n) is 12.8. The van der Waals surface area contributed by atoms with E-state index < -0.39 is 10.7 Å². The van der Waals surface area contributed by atoms with Crippen LogP contribution in [0.2, 0.25) is 0 Å². The molecule has 1 heterocycles. The average Bonchev–Trinajstić information content (AvgIpc) is 2.89. The predicted molar refractivity (Wildman–Crippen MR) is 88.0 cm³/mol. The number of carbonyl (C=O) groups is 1. The van der Waals surface area contributed by atoms with E-state index in [1.807, 2.05) is 0 Å². The molecule has 1 aromatic heterocycles. The summed E-state index contributed by atoms with van der Waals surface area (Å²) >= 11 is 1.37. The second-order valence-corrected chi connectivity index (χ2v) is 5.62. The molecular formula is C14H15N5O4S. The molecular weight excluding hydrogens is 334 g/mol. The Bertz CT molecular complexity index is 774. The minimum absolute atomic E-state index is 0.262. The largest absolute Gasteiger partial charge is 0.492 e. The number of ether oxygens (including phenoxy) is 1. The van der Waals surface area contributed by atoms with Gasteiger partial charge in [0.1, 0.15) is 11.6 Å². The first kappa shape index (κ1) is 17.5. The Hall–Kier alpha value is -2.88. The highest BCUT2D eigenvalue weighted by atomic mass is 32.2. The summed E-state index contributed by atoms with van der Waals surface area (Å²) in [5.74, 6) is 6.76. The van der Waals surface area contributed by atoms with Gasteiger partial charge < -0.3 is 10.6 Å². The Morgan fingerprint density at radius 1 is 1.46 bits per heavy atom. The Kier molecular flexibility index (Phi) is 5.90. The van der Waals surface area contributed by atoms with Crippen molar-refractivity contribution in [1.82, 2.24) is 14.9 Å². The lowest BCUT2D eigenvalue weighted by Crippen LogP contribution is -2.12. The van der Waals surface area contributed by atoms with Gasteiger partial charge in [-0.1, -0.05) is 23.9 Å². The molecule has 0 amide bonds. The van der Waals surface area contributed by atoms with Crippen LogP contribution in [0.3, 0.4) is 0 Å². The van der Waals surface area contributed by atoms with Crippen LogP contribution in [0.4, 0.5) is 0 Å². The molecule has 10 heteroatoms. The molecule has 126 valence electrons. The van der Waals surface area contributed by atoms with Crippen molar-refractivity contribution in [3.63, 3.8) is 0 Å². The molecule has 0 saturated carbocycles. The number of para-hydroxylation sites is 1. The van der Waals surface area contributed by atoms with Crippen molar-refractivity contribution in [1.29, 1.82) is 0 Å². The number of hydrogen-bond acceptors (Lipinski definition) is 8. The Morgan fingerprint density at radius 3 is 2.88 bits per heavy atom. The topological polar surface area (TPSA) is 126 Å². The highest BCUT2D eigenvalue weighted by Crippen LogP contribution is 2.20. The maximum absolute atomic E-state index is 12.0. The number of nitrogens with zero attached hydrogens (tertiary/aromatic N) is 4. The molecule has 0 atom stereocenters. The fraction of sp³-hybridized carbons (Fsp3) is 0.214. The van der Waals surface area contributed by atoms with Gasteiger partial charge in [-0.2, -0.15) is 0 Å². The van der Waals surface area contributed by atoms with Gasteiger partial charge in [0, 0.05) is 5.75 Å². The average molecular weight is 349 g/mol. The zero-order chi connectivity index (χ0) is 17.5. The summed E-state index contributed by atoms with van der Waals surface area (Å²) in [6.45, 7) is 2.05. The van der Waals surface area contributed by atoms with Crippen LogP contribution in [0, 0.1) is 17.0 Å². The van der Waals surface area contributed by atoms with E-state index >= 15 is 0 Å². The number of carbonyl (C=O) groups excluding carboxylic acids is 1. The molecule has 0 unspecified atom stereocenters. The maximum Gasteiger partial charge on any atom is 0.238 e. The number of aryl methyl sites for hydroxylation is 1. The third kappa shape index (κ3) is 4.56. The van der Waals surface area contributed by atoms with Crippen LogP contribution >= 0.6 is 11.8 Å². The second-order valence-electron chi connectivity index (χ2n) is 4.56. The van der Waals surface area contributed by atoms with Gasteiger partial charge in [0.15, 0.2) is 5.78 Å². The van der Waals surface area contributed by atoms with Gasteiger partial charge in [-0.3, -0.25) is 14.9 Å². The van der Waals surface area contributed by atoms with Crippen molar-refractivity contribution in [3.8, 4) is 5.75 Å². The summed E-state index contributed by atoms with van der Waals surface area (Å²) in [7, 11) is 0. The number of benzene rings is 1. The van der Waals surface area contributed by atoms with Crippen LogP contribution in [0.5, 0.6) is 5.75 Å². The molecule has 0 aliphatic heterocycles. The van der Waals surface area contributed by atoms with Crippen molar-refractivity contribution >= 4 is 17.5 Å². The van der Waals surface area contributed by atoms with E-state index in [0.717, 1.165) is 6.08 Å². The molecule has 24 heavy (non-hydrogen) atoms. The molecule has 0 spiro atoms. The van der Waals surface area contributed by atoms with Crippen LogP contribution in [-0.2, 0) is 0 Å². The fourth-order valence-corrected chi connectivity index (χ4v) is 2.47. The molecule has 0 radical (unpaired) electrons. The van der Waals surface area contributed by atoms with Crippen molar-refractivity contribution < 1.29 is 14.5 Å². The lowest BCUT2D eigenvalue weighted by molar-refractivity contribution is -0.402. The van der Waals surface area contributed by atoms with E-state index in [4.69, 9.17) is 10.6 Å². The molecule has 0 bridgehead atoms. The molecule has 0 aliphatic rings. The third-order valence-electron chi connectivity index (χ3n) is 2.91. The Labute approximate surface area is 141 Å². The van der Waals surface area contributed by atoms with Gasteiger partial charge in [-0.25, -0.2) is 4.68 Å². The number of thioether (sulfide) groups is 1. The van der Waals surface area contributed by atoms with E-state index in [1.54, 1.807) is 31.2 Å². The van der Waals surface area contributed by atoms with Crippen LogP contribution < -0.4 is 10.6 Å². The number of hydrogen-bond donors (Lipinski definition) is 1. The minimum atomic E-state index is -0.692. The summed E-state index contributed by atoms with van der Waals surface area (Å²) in [6, 6.07) is 6.56. The molecule has 0 aliphatic carbocycles. The molecule has 1 aromatic carbocycles. The predicted octanol–water partition coefficient (Wildman–Crippen LogP) is 1.44. The summed E-state index contributed by atoms with van der Waals surface area (Å²) in [5.41, 5.74) is 0.262. The first-order valence-electron chi connectivity index (χ1n) is 6.87. The van der Waals surface area contributed by atoms with E-state index in [-0.39, 0.29) is 5.56 Å². The van der Waals surface area contributed by atoms with E-state index in [2.05, 4.69) is 10.2 Å². The molecule has 2 N–H and O–H groups in total. The number of aromatic nitrogens is 3. The number of ketones is 1. The summed E-state index contributed by atoms with van der Waals surface area (Å²) in [4.78, 5) is 21.6.